The number of anilines is 1. The van der Waals surface area contributed by atoms with Crippen LogP contribution in [0.4, 0.5) is 5.69 Å². The van der Waals surface area contributed by atoms with Gasteiger partial charge in [0.15, 0.2) is 11.5 Å². The van der Waals surface area contributed by atoms with Gasteiger partial charge < -0.3 is 11.5 Å². The summed E-state index contributed by atoms with van der Waals surface area (Å²) in [7, 11) is 0. The molecule has 0 bridgehead atoms. The summed E-state index contributed by atoms with van der Waals surface area (Å²) in [5.41, 5.74) is 13.3. The van der Waals surface area contributed by atoms with Gasteiger partial charge in [0, 0.05) is 0 Å². The lowest BCUT2D eigenvalue weighted by molar-refractivity contribution is -0.120. The second kappa shape index (κ2) is 7.24. The molecule has 6 heteroatoms. The predicted molar refractivity (Wildman–Crippen MR) is 116 cm³/mol. The third-order valence-corrected chi connectivity index (χ3v) is 4.88. The van der Waals surface area contributed by atoms with Gasteiger partial charge in [-0.3, -0.25) is 4.79 Å². The van der Waals surface area contributed by atoms with Gasteiger partial charge in [-0.2, -0.15) is 4.99 Å². The number of guanidine groups is 2. The van der Waals surface area contributed by atoms with E-state index in [9.17, 15) is 4.79 Å². The summed E-state index contributed by atoms with van der Waals surface area (Å²) < 4.78 is 0. The standard InChI is InChI=1S/C23H21N5O/c1-16-12-14-19(15-13-16)28-20(29)23(17-8-4-2-5-9-17,18-10-6-3-7-11-18)27-22(28)26-21(24)25/h2-15H,1H3,(H4,24,25,26,27). The van der Waals surface area contributed by atoms with Gasteiger partial charge in [-0.15, -0.1) is 0 Å². The first-order chi connectivity index (χ1) is 14.0. The Morgan fingerprint density at radius 3 is 1.86 bits per heavy atom. The number of carbonyl (C=O) groups excluding carboxylic acids is 1. The summed E-state index contributed by atoms with van der Waals surface area (Å²) in [5, 5.41) is 0. The maximum absolute atomic E-state index is 14.0. The molecule has 3 aromatic rings. The molecule has 0 spiro atoms. The molecule has 0 fully saturated rings. The molecule has 0 saturated carbocycles. The van der Waals surface area contributed by atoms with Gasteiger partial charge in [0.25, 0.3) is 5.91 Å². The van der Waals surface area contributed by atoms with Crippen LogP contribution in [0.1, 0.15) is 16.7 Å². The summed E-state index contributed by atoms with van der Waals surface area (Å²) in [6.45, 7) is 1.98. The fourth-order valence-corrected chi connectivity index (χ4v) is 3.52. The molecule has 4 N–H and O–H groups in total. The second-order valence-corrected chi connectivity index (χ2v) is 6.87. The van der Waals surface area contributed by atoms with Crippen LogP contribution in [0.5, 0.6) is 0 Å². The van der Waals surface area contributed by atoms with E-state index in [1.165, 1.54) is 4.90 Å². The van der Waals surface area contributed by atoms with E-state index in [1.807, 2.05) is 91.9 Å². The SMILES string of the molecule is Cc1ccc(N2C(=O)C(c3ccccc3)(c3ccccc3)N=C2N=C(N)N)cc1. The lowest BCUT2D eigenvalue weighted by atomic mass is 9.83. The second-order valence-electron chi connectivity index (χ2n) is 6.87. The van der Waals surface area contributed by atoms with Crippen molar-refractivity contribution in [2.45, 2.75) is 12.5 Å². The Balaban J connectivity index is 1.99. The largest absolute Gasteiger partial charge is 0.370 e. The van der Waals surface area contributed by atoms with Crippen LogP contribution in [0.3, 0.4) is 0 Å². The molecular weight excluding hydrogens is 362 g/mol. The lowest BCUT2D eigenvalue weighted by Crippen LogP contribution is -2.42. The number of amides is 1. The Labute approximate surface area is 169 Å². The average Bonchev–Trinajstić information content (AvgIpc) is 3.02. The maximum Gasteiger partial charge on any atom is 0.271 e. The first kappa shape index (κ1) is 18.4. The Morgan fingerprint density at radius 1 is 0.862 bits per heavy atom. The van der Waals surface area contributed by atoms with Crippen molar-refractivity contribution in [3.05, 3.63) is 102 Å². The average molecular weight is 383 g/mol. The molecule has 0 radical (unpaired) electrons. The molecule has 6 nitrogen and oxygen atoms in total. The summed E-state index contributed by atoms with van der Waals surface area (Å²) in [6.07, 6.45) is 0. The van der Waals surface area contributed by atoms with Crippen LogP contribution in [0.15, 0.2) is 94.9 Å². The van der Waals surface area contributed by atoms with Gasteiger partial charge in [0.05, 0.1) is 5.69 Å². The molecule has 29 heavy (non-hydrogen) atoms. The Hall–Kier alpha value is -3.93. The highest BCUT2D eigenvalue weighted by Gasteiger charge is 2.51. The monoisotopic (exact) mass is 383 g/mol. The highest BCUT2D eigenvalue weighted by molar-refractivity contribution is 6.26. The van der Waals surface area contributed by atoms with Crippen LogP contribution in [-0.4, -0.2) is 17.8 Å². The fourth-order valence-electron chi connectivity index (χ4n) is 3.52. The summed E-state index contributed by atoms with van der Waals surface area (Å²) >= 11 is 0. The molecular formula is C23H21N5O. The molecule has 1 amide bonds. The number of hydrogen-bond donors (Lipinski definition) is 2. The Morgan fingerprint density at radius 2 is 1.38 bits per heavy atom. The van der Waals surface area contributed by atoms with Crippen LogP contribution < -0.4 is 16.4 Å². The molecule has 1 aliphatic heterocycles. The Bertz CT molecular complexity index is 1050. The minimum absolute atomic E-state index is 0.159. The van der Waals surface area contributed by atoms with E-state index in [4.69, 9.17) is 16.5 Å². The molecule has 1 aliphatic rings. The molecule has 4 rings (SSSR count). The van der Waals surface area contributed by atoms with Crippen molar-refractivity contribution in [3.63, 3.8) is 0 Å². The highest BCUT2D eigenvalue weighted by atomic mass is 16.2. The zero-order chi connectivity index (χ0) is 20.4. The van der Waals surface area contributed by atoms with Crippen molar-refractivity contribution in [2.24, 2.45) is 21.5 Å². The van der Waals surface area contributed by atoms with Crippen molar-refractivity contribution in [1.29, 1.82) is 0 Å². The topological polar surface area (TPSA) is 97.1 Å². The van der Waals surface area contributed by atoms with E-state index in [0.29, 0.717) is 5.69 Å². The highest BCUT2D eigenvalue weighted by Crippen LogP contribution is 2.41. The number of nitrogens with two attached hydrogens (primary N) is 2. The minimum atomic E-state index is -1.28. The van der Waals surface area contributed by atoms with E-state index in [0.717, 1.165) is 16.7 Å². The maximum atomic E-state index is 14.0. The van der Waals surface area contributed by atoms with E-state index < -0.39 is 5.54 Å². The molecule has 0 aliphatic carbocycles. The zero-order valence-corrected chi connectivity index (χ0v) is 16.0. The number of nitrogens with zero attached hydrogens (tertiary/aromatic N) is 3. The van der Waals surface area contributed by atoms with Crippen molar-refractivity contribution >= 4 is 23.5 Å². The predicted octanol–water partition coefficient (Wildman–Crippen LogP) is 2.91. The third-order valence-electron chi connectivity index (χ3n) is 4.88. The van der Waals surface area contributed by atoms with E-state index in [-0.39, 0.29) is 17.8 Å². The Kier molecular flexibility index (Phi) is 4.60. The smallest absolute Gasteiger partial charge is 0.271 e. The van der Waals surface area contributed by atoms with Gasteiger partial charge in [-0.1, -0.05) is 78.4 Å². The normalized spacial score (nSPS) is 15.1. The minimum Gasteiger partial charge on any atom is -0.370 e. The molecule has 0 atom stereocenters. The van der Waals surface area contributed by atoms with Crippen molar-refractivity contribution < 1.29 is 4.79 Å². The van der Waals surface area contributed by atoms with Crippen LogP contribution in [0, 0.1) is 6.92 Å². The van der Waals surface area contributed by atoms with Gasteiger partial charge in [0.2, 0.25) is 5.96 Å². The van der Waals surface area contributed by atoms with Gasteiger partial charge in [0.1, 0.15) is 0 Å². The fraction of sp³-hybridized carbons (Fsp3) is 0.0870. The molecule has 3 aromatic carbocycles. The van der Waals surface area contributed by atoms with Crippen molar-refractivity contribution in [2.75, 3.05) is 4.90 Å². The molecule has 144 valence electrons. The van der Waals surface area contributed by atoms with E-state index in [2.05, 4.69) is 4.99 Å². The van der Waals surface area contributed by atoms with E-state index >= 15 is 0 Å². The van der Waals surface area contributed by atoms with Crippen LogP contribution >= 0.6 is 0 Å². The number of aryl methyl sites for hydroxylation is 1. The number of benzene rings is 3. The summed E-state index contributed by atoms with van der Waals surface area (Å²) in [5.74, 6) is -0.240. The van der Waals surface area contributed by atoms with Gasteiger partial charge >= 0.3 is 0 Å². The number of aliphatic imine (C=N–C) groups is 2. The summed E-state index contributed by atoms with van der Waals surface area (Å²) in [4.78, 5) is 24.4. The number of rotatable bonds is 3. The third kappa shape index (κ3) is 3.14. The van der Waals surface area contributed by atoms with Gasteiger partial charge in [-0.05, 0) is 30.2 Å². The quantitative estimate of drug-likeness (QED) is 0.537. The van der Waals surface area contributed by atoms with Crippen molar-refractivity contribution in [1.82, 2.24) is 0 Å². The number of hydrogen-bond acceptors (Lipinski definition) is 3. The number of carbonyl (C=O) groups is 1. The molecule has 0 unspecified atom stereocenters. The zero-order valence-electron chi connectivity index (χ0n) is 16.0. The molecule has 1 heterocycles. The van der Waals surface area contributed by atoms with Gasteiger partial charge in [-0.25, -0.2) is 9.89 Å². The van der Waals surface area contributed by atoms with Crippen molar-refractivity contribution in [3.8, 4) is 0 Å². The molecule has 0 saturated heterocycles. The van der Waals surface area contributed by atoms with Crippen LogP contribution in [-0.2, 0) is 10.3 Å². The van der Waals surface area contributed by atoms with E-state index in [1.54, 1.807) is 0 Å². The van der Waals surface area contributed by atoms with Crippen LogP contribution in [0.25, 0.3) is 0 Å². The summed E-state index contributed by atoms with van der Waals surface area (Å²) in [6, 6.07) is 26.5. The lowest BCUT2D eigenvalue weighted by Gasteiger charge is -2.27. The first-order valence-electron chi connectivity index (χ1n) is 9.24. The first-order valence-corrected chi connectivity index (χ1v) is 9.24. The van der Waals surface area contributed by atoms with Crippen LogP contribution in [0.2, 0.25) is 0 Å². The molecule has 0 aromatic heterocycles.